The van der Waals surface area contributed by atoms with Crippen LogP contribution in [0.3, 0.4) is 0 Å². The van der Waals surface area contributed by atoms with Gasteiger partial charge in [0.1, 0.15) is 8.07 Å². The van der Waals surface area contributed by atoms with Gasteiger partial charge in [-0.15, -0.1) is 0 Å². The third kappa shape index (κ3) is 2.72. The van der Waals surface area contributed by atoms with Crippen molar-refractivity contribution in [1.82, 2.24) is 0 Å². The summed E-state index contributed by atoms with van der Waals surface area (Å²) in [5.74, 6) is 1.50. The second kappa shape index (κ2) is 6.07. The van der Waals surface area contributed by atoms with Crippen LogP contribution in [0.4, 0.5) is 0 Å². The summed E-state index contributed by atoms with van der Waals surface area (Å²) in [7, 11) is -0.682. The standard InChI is InChI=1S/C18H34OSi2/c1-8-21(9-2,10-3)18(19-4)16-14-11-12-15(13-14)17(16)20(5,6)7/h11-12,14-15,17H,8-10,13H2,1-7H3/b18-16+. The lowest BCUT2D eigenvalue weighted by Crippen LogP contribution is -2.40. The second-order valence-electron chi connectivity index (χ2n) is 8.06. The number of ether oxygens (including phenoxy) is 1. The molecule has 0 amide bonds. The highest BCUT2D eigenvalue weighted by atomic mass is 28.3. The van der Waals surface area contributed by atoms with Gasteiger partial charge in [0.15, 0.2) is 0 Å². The van der Waals surface area contributed by atoms with Crippen LogP contribution in [0.5, 0.6) is 0 Å². The van der Waals surface area contributed by atoms with Crippen molar-refractivity contribution in [3.63, 3.8) is 0 Å². The van der Waals surface area contributed by atoms with Gasteiger partial charge in [-0.25, -0.2) is 0 Å². The molecule has 3 atom stereocenters. The van der Waals surface area contributed by atoms with Crippen LogP contribution >= 0.6 is 0 Å². The van der Waals surface area contributed by atoms with Crippen LogP contribution in [0.15, 0.2) is 23.1 Å². The van der Waals surface area contributed by atoms with E-state index in [1.165, 1.54) is 29.9 Å². The summed E-state index contributed by atoms with van der Waals surface area (Å²) in [5.41, 5.74) is 2.57. The molecule has 0 saturated heterocycles. The molecular weight excluding hydrogens is 288 g/mol. The summed E-state index contributed by atoms with van der Waals surface area (Å²) in [5, 5.41) is 1.50. The van der Waals surface area contributed by atoms with Crippen molar-refractivity contribution in [3.05, 3.63) is 23.1 Å². The number of fused-ring (bicyclic) bond motifs is 2. The van der Waals surface area contributed by atoms with E-state index in [0.29, 0.717) is 5.92 Å². The normalized spacial score (nSPS) is 30.9. The molecule has 0 radical (unpaired) electrons. The molecule has 0 aromatic heterocycles. The maximum Gasteiger partial charge on any atom is 0.130 e. The van der Waals surface area contributed by atoms with E-state index in [1.807, 2.05) is 7.11 Å². The van der Waals surface area contributed by atoms with E-state index in [4.69, 9.17) is 4.74 Å². The highest BCUT2D eigenvalue weighted by molar-refractivity contribution is 6.86. The fourth-order valence-corrected chi connectivity index (χ4v) is 11.8. The quantitative estimate of drug-likeness (QED) is 0.338. The van der Waals surface area contributed by atoms with E-state index in [0.717, 1.165) is 11.5 Å². The summed E-state index contributed by atoms with van der Waals surface area (Å²) < 4.78 is 6.18. The monoisotopic (exact) mass is 322 g/mol. The molecule has 0 heterocycles. The Balaban J connectivity index is 2.59. The first-order valence-corrected chi connectivity index (χ1v) is 15.0. The minimum absolute atomic E-state index is 0.693. The third-order valence-electron chi connectivity index (χ3n) is 6.19. The Labute approximate surface area is 133 Å². The van der Waals surface area contributed by atoms with Gasteiger partial charge in [-0.3, -0.25) is 0 Å². The molecule has 3 heteroatoms. The minimum Gasteiger partial charge on any atom is -0.506 e. The topological polar surface area (TPSA) is 9.23 Å². The number of allylic oxidation sites excluding steroid dienone is 3. The van der Waals surface area contributed by atoms with Gasteiger partial charge in [-0.05, 0) is 23.5 Å². The van der Waals surface area contributed by atoms with E-state index in [-0.39, 0.29) is 0 Å². The van der Waals surface area contributed by atoms with Gasteiger partial charge < -0.3 is 4.74 Å². The molecule has 1 nitrogen and oxygen atoms in total. The van der Waals surface area contributed by atoms with Crippen molar-refractivity contribution < 1.29 is 4.74 Å². The molecule has 2 aliphatic rings. The molecule has 0 N–H and O–H groups in total. The van der Waals surface area contributed by atoms with Crippen molar-refractivity contribution >= 4 is 16.1 Å². The zero-order valence-corrected chi connectivity index (χ0v) is 17.1. The molecule has 2 bridgehead atoms. The molecule has 1 fully saturated rings. The first kappa shape index (κ1) is 17.1. The molecule has 0 aromatic carbocycles. The van der Waals surface area contributed by atoms with Crippen molar-refractivity contribution in [2.45, 2.75) is 70.5 Å². The lowest BCUT2D eigenvalue weighted by atomic mass is 10.0. The average Bonchev–Trinajstić information content (AvgIpc) is 3.04. The van der Waals surface area contributed by atoms with Gasteiger partial charge >= 0.3 is 0 Å². The van der Waals surface area contributed by atoms with Gasteiger partial charge in [0.25, 0.3) is 0 Å². The van der Waals surface area contributed by atoms with Crippen LogP contribution in [0.25, 0.3) is 0 Å². The van der Waals surface area contributed by atoms with Gasteiger partial charge in [0.05, 0.1) is 20.6 Å². The van der Waals surface area contributed by atoms with Crippen molar-refractivity contribution in [1.29, 1.82) is 0 Å². The molecule has 0 spiro atoms. The lowest BCUT2D eigenvalue weighted by molar-refractivity contribution is 0.306. The predicted molar refractivity (Wildman–Crippen MR) is 99.1 cm³/mol. The van der Waals surface area contributed by atoms with Crippen LogP contribution in [-0.2, 0) is 4.74 Å². The first-order chi connectivity index (χ1) is 9.84. The van der Waals surface area contributed by atoms with Crippen LogP contribution in [0.1, 0.15) is 27.2 Å². The second-order valence-corrected chi connectivity index (χ2v) is 18.6. The van der Waals surface area contributed by atoms with Crippen LogP contribution < -0.4 is 0 Å². The number of hydrogen-bond acceptors (Lipinski definition) is 1. The van der Waals surface area contributed by atoms with E-state index < -0.39 is 16.1 Å². The fourth-order valence-electron chi connectivity index (χ4n) is 4.96. The molecular formula is C18H34OSi2. The van der Waals surface area contributed by atoms with Crippen LogP contribution in [0.2, 0.25) is 43.3 Å². The van der Waals surface area contributed by atoms with E-state index in [9.17, 15) is 0 Å². The lowest BCUT2D eigenvalue weighted by Gasteiger charge is -2.38. The molecule has 2 rings (SSSR count). The van der Waals surface area contributed by atoms with Crippen molar-refractivity contribution in [2.75, 3.05) is 7.11 Å². The Morgan fingerprint density at radius 3 is 2.10 bits per heavy atom. The van der Waals surface area contributed by atoms with E-state index >= 15 is 0 Å². The highest BCUT2D eigenvalue weighted by Crippen LogP contribution is 2.57. The van der Waals surface area contributed by atoms with E-state index in [1.54, 1.807) is 5.57 Å². The van der Waals surface area contributed by atoms with Crippen molar-refractivity contribution in [3.8, 4) is 0 Å². The number of rotatable bonds is 6. The zero-order valence-electron chi connectivity index (χ0n) is 15.1. The molecule has 2 aliphatic carbocycles. The van der Waals surface area contributed by atoms with Gasteiger partial charge in [-0.1, -0.05) is 70.7 Å². The molecule has 21 heavy (non-hydrogen) atoms. The molecule has 120 valence electrons. The summed E-state index contributed by atoms with van der Waals surface area (Å²) in [6.07, 6.45) is 6.35. The summed E-state index contributed by atoms with van der Waals surface area (Å²) in [6.45, 7) is 14.8. The maximum absolute atomic E-state index is 6.18. The molecule has 0 aromatic rings. The van der Waals surface area contributed by atoms with Gasteiger partial charge in [-0.2, -0.15) is 0 Å². The maximum atomic E-state index is 6.18. The largest absolute Gasteiger partial charge is 0.506 e. The smallest absolute Gasteiger partial charge is 0.130 e. The Morgan fingerprint density at radius 1 is 1.10 bits per heavy atom. The number of hydrogen-bond donors (Lipinski definition) is 0. The van der Waals surface area contributed by atoms with Crippen LogP contribution in [0, 0.1) is 11.8 Å². The Kier molecular flexibility index (Phi) is 4.94. The zero-order chi connectivity index (χ0) is 15.8. The SMILES string of the molecule is CC[Si](CC)(CC)/C(OC)=C1\C2C=CC(C2)C1[Si](C)(C)C. The highest BCUT2D eigenvalue weighted by Gasteiger charge is 2.50. The summed E-state index contributed by atoms with van der Waals surface area (Å²) in [4.78, 5) is 0. The Morgan fingerprint density at radius 2 is 1.67 bits per heavy atom. The molecule has 0 aliphatic heterocycles. The predicted octanol–water partition coefficient (Wildman–Crippen LogP) is 5.85. The average molecular weight is 323 g/mol. The van der Waals surface area contributed by atoms with E-state index in [2.05, 4.69) is 52.6 Å². The third-order valence-corrected chi connectivity index (χ3v) is 14.3. The Hall–Kier alpha value is -0.286. The first-order valence-electron chi connectivity index (χ1n) is 8.81. The Bertz CT molecular complexity index is 432. The summed E-state index contributed by atoms with van der Waals surface area (Å²) in [6, 6.07) is 3.98. The molecule has 1 saturated carbocycles. The summed E-state index contributed by atoms with van der Waals surface area (Å²) >= 11 is 0. The van der Waals surface area contributed by atoms with Gasteiger partial charge in [0, 0.05) is 5.92 Å². The minimum atomic E-state index is -1.42. The van der Waals surface area contributed by atoms with Crippen LogP contribution in [-0.4, -0.2) is 23.3 Å². The fraction of sp³-hybridized carbons (Fsp3) is 0.778. The van der Waals surface area contributed by atoms with Crippen molar-refractivity contribution in [2.24, 2.45) is 11.8 Å². The molecule has 3 unspecified atom stereocenters. The van der Waals surface area contributed by atoms with Gasteiger partial charge in [0.2, 0.25) is 0 Å². The number of methoxy groups -OCH3 is 1.